The summed E-state index contributed by atoms with van der Waals surface area (Å²) in [7, 11) is 0. The van der Waals surface area contributed by atoms with Gasteiger partial charge in [-0.25, -0.2) is 0 Å². The molecule has 0 amide bonds. The van der Waals surface area contributed by atoms with Gasteiger partial charge in [0.05, 0.1) is 119 Å². The predicted octanol–water partition coefficient (Wildman–Crippen LogP) is 21.0. The molecular weight excluding hydrogens is 1200 g/mol. The van der Waals surface area contributed by atoms with Gasteiger partial charge in [0.25, 0.3) is 0 Å². The van der Waals surface area contributed by atoms with Crippen molar-refractivity contribution in [2.45, 2.75) is 15.2 Å². The Kier molecular flexibility index (Phi) is 10.7. The Hall–Kier alpha value is -12.9. The third kappa shape index (κ3) is 7.07. The minimum absolute atomic E-state index is 0.578. The molecule has 18 aromatic rings. The molecule has 6 aromatic heterocycles. The van der Waals surface area contributed by atoms with E-state index in [9.17, 15) is 10.5 Å². The number of para-hydroxylation sites is 7. The van der Waals surface area contributed by atoms with Crippen molar-refractivity contribution in [3.05, 3.63) is 319 Å². The fraction of sp³-hybridized carbons (Fsp3) is 0.0118. The van der Waals surface area contributed by atoms with Crippen LogP contribution in [-0.4, -0.2) is 28.2 Å². The van der Waals surface area contributed by atoms with Gasteiger partial charge < -0.3 is 27.9 Å². The first-order chi connectivity index (χ1) is 47.5. The minimum atomic E-state index is -1.05. The van der Waals surface area contributed by atoms with Gasteiger partial charge in [-0.3, -0.25) is 9.97 Å². The fourth-order valence-corrected chi connectivity index (χ4v) is 17.5. The summed E-state index contributed by atoms with van der Waals surface area (Å²) >= 11 is 1.59. The van der Waals surface area contributed by atoms with Crippen molar-refractivity contribution in [3.8, 4) is 57.8 Å². The fourth-order valence-electron chi connectivity index (χ4n) is 16.4. The number of ether oxygens (including phenoxy) is 1. The largest absolute Gasteiger partial charge is 0.457 e. The van der Waals surface area contributed by atoms with E-state index < -0.39 is 5.41 Å². The molecule has 12 aromatic carbocycles. The lowest BCUT2D eigenvalue weighted by molar-refractivity contribution is 0.436. The van der Waals surface area contributed by atoms with Crippen LogP contribution in [0.5, 0.6) is 11.5 Å². The number of anilines is 3. The van der Waals surface area contributed by atoms with E-state index in [2.05, 4.69) is 272 Å². The second-order valence-electron chi connectivity index (χ2n) is 25.1. The van der Waals surface area contributed by atoms with Gasteiger partial charge in [-0.1, -0.05) is 151 Å². The number of nitrogens with zero attached hydrogens (tertiary/aromatic N) is 9. The van der Waals surface area contributed by atoms with Crippen molar-refractivity contribution in [2.75, 3.05) is 4.90 Å². The molecule has 10 nitrogen and oxygen atoms in total. The first kappa shape index (κ1) is 52.7. The maximum absolute atomic E-state index is 10.0. The van der Waals surface area contributed by atoms with Gasteiger partial charge in [0.1, 0.15) is 11.5 Å². The molecule has 0 saturated carbocycles. The van der Waals surface area contributed by atoms with E-state index >= 15 is 0 Å². The number of fused-ring (bicyclic) bond motifs is 23. The predicted molar refractivity (Wildman–Crippen MR) is 385 cm³/mol. The van der Waals surface area contributed by atoms with Crippen LogP contribution in [0.25, 0.3) is 121 Å². The summed E-state index contributed by atoms with van der Waals surface area (Å²) in [6.07, 6.45) is 4.06. The molecule has 444 valence electrons. The van der Waals surface area contributed by atoms with Crippen LogP contribution in [0.1, 0.15) is 33.4 Å². The van der Waals surface area contributed by atoms with Crippen molar-refractivity contribution < 1.29 is 4.74 Å². The number of rotatable bonds is 5. The van der Waals surface area contributed by atoms with Gasteiger partial charge in [0, 0.05) is 104 Å². The zero-order valence-electron chi connectivity index (χ0n) is 51.0. The van der Waals surface area contributed by atoms with Gasteiger partial charge in [0.15, 0.2) is 0 Å². The summed E-state index contributed by atoms with van der Waals surface area (Å²) in [6.45, 7) is 0. The van der Waals surface area contributed by atoms with Crippen LogP contribution in [0.2, 0.25) is 0 Å². The van der Waals surface area contributed by atoms with E-state index in [0.29, 0.717) is 16.9 Å². The van der Waals surface area contributed by atoms with Crippen molar-refractivity contribution in [2.24, 2.45) is 0 Å². The van der Waals surface area contributed by atoms with E-state index in [0.717, 1.165) is 144 Å². The molecule has 1 spiro atoms. The highest BCUT2D eigenvalue weighted by atomic mass is 32.2. The SMILES string of the molecule is N#Cc1ccc2c(c1)Sc1cc(C#N)ccc1N2c1ccc2c(c1)c1ccccc1n2-c1ccc2c(c1)Oc1cc(-n3c4ccccc4c4ccccc43)ccc1C21c2cc(-n3c4ccccc4c4ccccc43)cnc2-c2ncc(-n3c4ccccc4c4ccccc43)cc21. The van der Waals surface area contributed by atoms with Crippen molar-refractivity contribution in [1.29, 1.82) is 10.5 Å². The first-order valence-corrected chi connectivity index (χ1v) is 32.9. The number of aromatic nitrogens is 6. The quantitative estimate of drug-likeness (QED) is 0.169. The van der Waals surface area contributed by atoms with Gasteiger partial charge >= 0.3 is 0 Å². The molecule has 21 rings (SSSR count). The monoisotopic (exact) mass is 1240 g/mol. The lowest BCUT2D eigenvalue weighted by Gasteiger charge is -2.39. The minimum Gasteiger partial charge on any atom is -0.457 e. The first-order valence-electron chi connectivity index (χ1n) is 32.0. The maximum atomic E-state index is 10.0. The number of hydrogen-bond donors (Lipinski definition) is 0. The molecule has 2 aliphatic heterocycles. The molecule has 3 aliphatic rings. The molecule has 8 heterocycles. The summed E-state index contributed by atoms with van der Waals surface area (Å²) < 4.78 is 17.2. The number of hydrogen-bond acceptors (Lipinski definition) is 7. The number of nitriles is 2. The summed E-state index contributed by atoms with van der Waals surface area (Å²) in [5, 5.41) is 29.2. The van der Waals surface area contributed by atoms with Crippen LogP contribution in [0.3, 0.4) is 0 Å². The summed E-state index contributed by atoms with van der Waals surface area (Å²) in [6, 6.07) is 102. The smallest absolute Gasteiger partial charge is 0.134 e. The van der Waals surface area contributed by atoms with E-state index in [1.54, 1.807) is 11.8 Å². The van der Waals surface area contributed by atoms with Gasteiger partial charge in [-0.2, -0.15) is 10.5 Å². The van der Waals surface area contributed by atoms with E-state index in [1.165, 1.54) is 32.3 Å². The number of benzene rings is 12. The molecule has 1 aliphatic carbocycles. The molecule has 0 fully saturated rings. The topological polar surface area (TPSA) is 106 Å². The Labute approximate surface area is 552 Å². The molecule has 11 heteroatoms. The second-order valence-corrected chi connectivity index (χ2v) is 26.2. The maximum Gasteiger partial charge on any atom is 0.134 e. The van der Waals surface area contributed by atoms with Crippen LogP contribution in [0.15, 0.2) is 295 Å². The Morgan fingerprint density at radius 1 is 0.312 bits per heavy atom. The lowest BCUT2D eigenvalue weighted by atomic mass is 9.66. The normalized spacial score (nSPS) is 13.3. The number of pyridine rings is 2. The second kappa shape index (κ2) is 19.6. The van der Waals surface area contributed by atoms with Crippen LogP contribution >= 0.6 is 11.8 Å². The molecule has 0 N–H and O–H groups in total. The Bertz CT molecular complexity index is 6220. The zero-order valence-corrected chi connectivity index (χ0v) is 51.8. The molecule has 0 radical (unpaired) electrons. The zero-order chi connectivity index (χ0) is 63.1. The van der Waals surface area contributed by atoms with E-state index in [4.69, 9.17) is 14.7 Å². The van der Waals surface area contributed by atoms with Gasteiger partial charge in [0.2, 0.25) is 0 Å². The summed E-state index contributed by atoms with van der Waals surface area (Å²) in [4.78, 5) is 15.4. The average Bonchev–Trinajstić information content (AvgIpc) is 1.44. The average molecular weight is 1240 g/mol. The standard InChI is InChI=1S/C85H47N9OS/c86-46-50-29-36-77-81(39-50)96-82-40-51(47-87)30-37-78(82)92(77)52-33-38-76-64(41-52)63-21-7-14-28-75(63)91(76)54-32-35-66-80(45-54)95-79-44-53(90-69-22-8-1-15-57(69)58-16-2-9-23-70(58)90)31-34-65(79)85(66)67-42-55(93-71-24-10-3-17-59(71)60-18-4-11-25-72(60)93)48-88-83(67)84-68(85)43-56(49-89-84)94-73-26-12-5-19-61(73)62-20-6-13-27-74(62)94/h1-45,48-49H. The van der Waals surface area contributed by atoms with E-state index in [-0.39, 0.29) is 0 Å². The highest BCUT2D eigenvalue weighted by Crippen LogP contribution is 2.63. The molecule has 0 saturated heterocycles. The van der Waals surface area contributed by atoms with Crippen LogP contribution < -0.4 is 9.64 Å². The van der Waals surface area contributed by atoms with Gasteiger partial charge in [-0.15, -0.1) is 0 Å². The van der Waals surface area contributed by atoms with E-state index in [1.807, 2.05) is 48.8 Å². The highest BCUT2D eigenvalue weighted by molar-refractivity contribution is 7.99. The summed E-state index contributed by atoms with van der Waals surface area (Å²) in [5.41, 5.74) is 21.0. The molecule has 0 bridgehead atoms. The molecule has 0 atom stereocenters. The van der Waals surface area contributed by atoms with Crippen LogP contribution in [0.4, 0.5) is 17.1 Å². The van der Waals surface area contributed by atoms with Crippen LogP contribution in [0, 0.1) is 22.7 Å². The highest BCUT2D eigenvalue weighted by Gasteiger charge is 2.53. The Morgan fingerprint density at radius 2 is 0.656 bits per heavy atom. The lowest BCUT2D eigenvalue weighted by Crippen LogP contribution is -2.32. The van der Waals surface area contributed by atoms with Gasteiger partial charge in [-0.05, 0) is 121 Å². The van der Waals surface area contributed by atoms with Crippen LogP contribution in [-0.2, 0) is 5.41 Å². The van der Waals surface area contributed by atoms with Crippen molar-refractivity contribution in [1.82, 2.24) is 28.2 Å². The Balaban J connectivity index is 0.835. The summed E-state index contributed by atoms with van der Waals surface area (Å²) in [5.74, 6) is 1.43. The van der Waals surface area contributed by atoms with Crippen molar-refractivity contribution in [3.63, 3.8) is 0 Å². The van der Waals surface area contributed by atoms with Crippen molar-refractivity contribution >= 4 is 116 Å². The molecule has 0 unspecified atom stereocenters. The third-order valence-electron chi connectivity index (χ3n) is 20.3. The molecule has 96 heavy (non-hydrogen) atoms. The molecular formula is C85H47N9OS. The third-order valence-corrected chi connectivity index (χ3v) is 21.4. The Morgan fingerprint density at radius 3 is 1.04 bits per heavy atom.